The second kappa shape index (κ2) is 7.06. The van der Waals surface area contributed by atoms with E-state index in [1.165, 1.54) is 12.1 Å². The number of hydrogen-bond acceptors (Lipinski definition) is 3. The van der Waals surface area contributed by atoms with Gasteiger partial charge >= 0.3 is 12.0 Å². The standard InChI is InChI=1S/C16H19FN2O3/c1-3-4-9-22-15(20)13-10(2)18-16(21)19-14(13)11-7-5-6-8-12(11)17/h5-8,13-14H,2-4,9H2,1H3,(H2,18,19,21)/t13-,14+/m1/s1. The van der Waals surface area contributed by atoms with E-state index in [4.69, 9.17) is 4.74 Å². The maximum Gasteiger partial charge on any atom is 0.319 e. The van der Waals surface area contributed by atoms with Gasteiger partial charge in [-0.15, -0.1) is 0 Å². The summed E-state index contributed by atoms with van der Waals surface area (Å²) in [4.78, 5) is 23.9. The monoisotopic (exact) mass is 306 g/mol. The third-order valence-corrected chi connectivity index (χ3v) is 3.51. The smallest absolute Gasteiger partial charge is 0.319 e. The highest BCUT2D eigenvalue weighted by Gasteiger charge is 2.39. The van der Waals surface area contributed by atoms with Crippen molar-refractivity contribution in [3.63, 3.8) is 0 Å². The predicted molar refractivity (Wildman–Crippen MR) is 79.3 cm³/mol. The number of rotatable bonds is 5. The van der Waals surface area contributed by atoms with Crippen LogP contribution in [0.1, 0.15) is 31.4 Å². The highest BCUT2D eigenvalue weighted by Crippen LogP contribution is 2.31. The van der Waals surface area contributed by atoms with E-state index in [2.05, 4.69) is 17.2 Å². The van der Waals surface area contributed by atoms with Crippen molar-refractivity contribution in [1.82, 2.24) is 10.6 Å². The molecule has 118 valence electrons. The molecule has 0 aromatic heterocycles. The number of carbonyl (C=O) groups excluding carboxylic acids is 2. The Morgan fingerprint density at radius 2 is 2.14 bits per heavy atom. The molecule has 1 aliphatic rings. The molecule has 0 saturated carbocycles. The quantitative estimate of drug-likeness (QED) is 0.649. The third-order valence-electron chi connectivity index (χ3n) is 3.51. The lowest BCUT2D eigenvalue weighted by atomic mass is 9.89. The van der Waals surface area contributed by atoms with Crippen molar-refractivity contribution >= 4 is 12.0 Å². The van der Waals surface area contributed by atoms with Crippen LogP contribution < -0.4 is 10.6 Å². The minimum absolute atomic E-state index is 0.207. The number of urea groups is 1. The van der Waals surface area contributed by atoms with E-state index in [1.807, 2.05) is 6.92 Å². The van der Waals surface area contributed by atoms with Crippen molar-refractivity contribution < 1.29 is 18.7 Å². The molecule has 1 aromatic rings. The first-order chi connectivity index (χ1) is 10.5. The van der Waals surface area contributed by atoms with E-state index in [-0.39, 0.29) is 17.9 Å². The van der Waals surface area contributed by atoms with Crippen LogP contribution in [0.2, 0.25) is 0 Å². The van der Waals surface area contributed by atoms with Crippen LogP contribution in [-0.2, 0) is 9.53 Å². The van der Waals surface area contributed by atoms with E-state index in [0.717, 1.165) is 12.8 Å². The van der Waals surface area contributed by atoms with Crippen LogP contribution >= 0.6 is 0 Å². The van der Waals surface area contributed by atoms with Gasteiger partial charge in [0.05, 0.1) is 12.6 Å². The second-order valence-corrected chi connectivity index (χ2v) is 5.12. The Kier molecular flexibility index (Phi) is 5.14. The highest BCUT2D eigenvalue weighted by atomic mass is 19.1. The van der Waals surface area contributed by atoms with Crippen molar-refractivity contribution in [1.29, 1.82) is 0 Å². The van der Waals surface area contributed by atoms with Gasteiger partial charge < -0.3 is 15.4 Å². The fourth-order valence-electron chi connectivity index (χ4n) is 2.36. The molecule has 0 bridgehead atoms. The highest BCUT2D eigenvalue weighted by molar-refractivity contribution is 5.85. The topological polar surface area (TPSA) is 67.4 Å². The van der Waals surface area contributed by atoms with Gasteiger partial charge in [-0.05, 0) is 12.5 Å². The van der Waals surface area contributed by atoms with Crippen molar-refractivity contribution in [3.05, 3.63) is 47.9 Å². The number of amides is 2. The average molecular weight is 306 g/mol. The molecule has 1 heterocycles. The molecule has 0 radical (unpaired) electrons. The van der Waals surface area contributed by atoms with E-state index >= 15 is 0 Å². The molecule has 2 N–H and O–H groups in total. The normalized spacial score (nSPS) is 21.0. The van der Waals surface area contributed by atoms with Crippen molar-refractivity contribution in [3.8, 4) is 0 Å². The summed E-state index contributed by atoms with van der Waals surface area (Å²) < 4.78 is 19.2. The molecule has 1 aromatic carbocycles. The lowest BCUT2D eigenvalue weighted by Gasteiger charge is -2.33. The SMILES string of the molecule is C=C1NC(=O)N[C@@H](c2ccccc2F)[C@@H]1C(=O)OCCCC. The van der Waals surface area contributed by atoms with E-state index in [1.54, 1.807) is 12.1 Å². The molecule has 22 heavy (non-hydrogen) atoms. The summed E-state index contributed by atoms with van der Waals surface area (Å²) in [6, 6.07) is 4.66. The molecule has 1 aliphatic heterocycles. The van der Waals surface area contributed by atoms with Gasteiger partial charge in [0.2, 0.25) is 0 Å². The number of esters is 1. The minimum Gasteiger partial charge on any atom is -0.465 e. The Labute approximate surface area is 128 Å². The van der Waals surface area contributed by atoms with Crippen LogP contribution in [0.3, 0.4) is 0 Å². The number of halogens is 1. The predicted octanol–water partition coefficient (Wildman–Crippen LogP) is 2.65. The third kappa shape index (κ3) is 3.44. The molecular weight excluding hydrogens is 287 g/mol. The average Bonchev–Trinajstić information content (AvgIpc) is 2.47. The summed E-state index contributed by atoms with van der Waals surface area (Å²) in [5.41, 5.74) is 0.439. The van der Waals surface area contributed by atoms with E-state index in [9.17, 15) is 14.0 Å². The van der Waals surface area contributed by atoms with Crippen LogP contribution in [-0.4, -0.2) is 18.6 Å². The van der Waals surface area contributed by atoms with Gasteiger partial charge in [0, 0.05) is 11.3 Å². The number of ether oxygens (including phenoxy) is 1. The minimum atomic E-state index is -0.869. The number of benzene rings is 1. The zero-order valence-electron chi connectivity index (χ0n) is 12.4. The lowest BCUT2D eigenvalue weighted by Crippen LogP contribution is -2.51. The van der Waals surface area contributed by atoms with Gasteiger partial charge in [0.1, 0.15) is 11.7 Å². The molecule has 1 fully saturated rings. The molecule has 1 saturated heterocycles. The van der Waals surface area contributed by atoms with Crippen LogP contribution in [0.5, 0.6) is 0 Å². The van der Waals surface area contributed by atoms with Gasteiger partial charge in [-0.25, -0.2) is 9.18 Å². The Morgan fingerprint density at radius 1 is 1.41 bits per heavy atom. The molecule has 6 heteroatoms. The Hall–Kier alpha value is -2.37. The molecule has 5 nitrogen and oxygen atoms in total. The molecule has 2 amide bonds. The first-order valence-electron chi connectivity index (χ1n) is 7.22. The molecule has 2 rings (SSSR count). The van der Waals surface area contributed by atoms with Crippen LogP contribution in [0.15, 0.2) is 36.5 Å². The van der Waals surface area contributed by atoms with Gasteiger partial charge in [-0.1, -0.05) is 38.1 Å². The summed E-state index contributed by atoms with van der Waals surface area (Å²) in [7, 11) is 0. The first-order valence-corrected chi connectivity index (χ1v) is 7.22. The first kappa shape index (κ1) is 16.0. The second-order valence-electron chi connectivity index (χ2n) is 5.12. The summed E-state index contributed by atoms with van der Waals surface area (Å²) in [5, 5.41) is 5.03. The summed E-state index contributed by atoms with van der Waals surface area (Å²) in [6.07, 6.45) is 1.64. The number of carbonyl (C=O) groups is 2. The van der Waals surface area contributed by atoms with E-state index in [0.29, 0.717) is 0 Å². The number of hydrogen-bond donors (Lipinski definition) is 2. The van der Waals surface area contributed by atoms with Gasteiger partial charge in [0.15, 0.2) is 0 Å². The Balaban J connectivity index is 2.26. The van der Waals surface area contributed by atoms with Crippen LogP contribution in [0.25, 0.3) is 0 Å². The summed E-state index contributed by atoms with van der Waals surface area (Å²) >= 11 is 0. The zero-order chi connectivity index (χ0) is 16.1. The fraction of sp³-hybridized carbons (Fsp3) is 0.375. The van der Waals surface area contributed by atoms with Crippen molar-refractivity contribution in [2.24, 2.45) is 5.92 Å². The van der Waals surface area contributed by atoms with Gasteiger partial charge in [-0.3, -0.25) is 4.79 Å². The molecule has 2 atom stereocenters. The molecule has 0 aliphatic carbocycles. The Morgan fingerprint density at radius 3 is 2.82 bits per heavy atom. The fourth-order valence-corrected chi connectivity index (χ4v) is 2.36. The maximum atomic E-state index is 14.0. The molecule has 0 unspecified atom stereocenters. The number of nitrogens with one attached hydrogen (secondary N) is 2. The van der Waals surface area contributed by atoms with Gasteiger partial charge in [0.25, 0.3) is 0 Å². The van der Waals surface area contributed by atoms with Crippen LogP contribution in [0, 0.1) is 11.7 Å². The molecule has 0 spiro atoms. The maximum absolute atomic E-state index is 14.0. The van der Waals surface area contributed by atoms with E-state index < -0.39 is 29.8 Å². The summed E-state index contributed by atoms with van der Waals surface area (Å²) in [6.45, 7) is 5.98. The summed E-state index contributed by atoms with van der Waals surface area (Å²) in [5.74, 6) is -1.89. The molecular formula is C16H19FN2O3. The Bertz CT molecular complexity index is 589. The van der Waals surface area contributed by atoms with Gasteiger partial charge in [-0.2, -0.15) is 0 Å². The zero-order valence-corrected chi connectivity index (χ0v) is 12.4. The number of unbranched alkanes of at least 4 members (excludes halogenated alkanes) is 1. The van der Waals surface area contributed by atoms with Crippen molar-refractivity contribution in [2.75, 3.05) is 6.61 Å². The van der Waals surface area contributed by atoms with Crippen LogP contribution in [0.4, 0.5) is 9.18 Å². The largest absolute Gasteiger partial charge is 0.465 e. The lowest BCUT2D eigenvalue weighted by molar-refractivity contribution is -0.148. The van der Waals surface area contributed by atoms with Crippen molar-refractivity contribution in [2.45, 2.75) is 25.8 Å².